The number of hydrogen-bond donors (Lipinski definition) is 1. The summed E-state index contributed by atoms with van der Waals surface area (Å²) in [6, 6.07) is 5.16. The molecule has 1 aromatic rings. The quantitative estimate of drug-likeness (QED) is 0.863. The topological polar surface area (TPSA) is 37.4 Å². The Bertz CT molecular complexity index is 459. The van der Waals surface area contributed by atoms with Crippen molar-refractivity contribution in [3.63, 3.8) is 0 Å². The molecule has 1 aliphatic heterocycles. The van der Waals surface area contributed by atoms with Crippen molar-refractivity contribution in [2.45, 2.75) is 38.8 Å². The summed E-state index contributed by atoms with van der Waals surface area (Å²) in [5.74, 6) is 1.77. The van der Waals surface area contributed by atoms with E-state index in [0.29, 0.717) is 5.92 Å². The minimum atomic E-state index is 0.651. The van der Waals surface area contributed by atoms with Crippen LogP contribution < -0.4 is 10.2 Å². The van der Waals surface area contributed by atoms with Crippen LogP contribution in [0.5, 0.6) is 0 Å². The second kappa shape index (κ2) is 6.10. The normalized spacial score (nSPS) is 22.5. The molecule has 0 bridgehead atoms. The van der Waals surface area contributed by atoms with Crippen LogP contribution >= 0.6 is 0 Å². The number of nitrogens with one attached hydrogen (secondary N) is 1. The molecule has 2 heterocycles. The van der Waals surface area contributed by atoms with E-state index < -0.39 is 0 Å². The molecule has 0 radical (unpaired) electrons. The van der Waals surface area contributed by atoms with E-state index in [0.717, 1.165) is 43.8 Å². The second-order valence-electron chi connectivity index (χ2n) is 6.13. The monoisotopic (exact) mass is 275 g/mol. The van der Waals surface area contributed by atoms with Crippen molar-refractivity contribution in [1.29, 1.82) is 0 Å². The van der Waals surface area contributed by atoms with Gasteiger partial charge >= 0.3 is 0 Å². The Balaban J connectivity index is 1.61. The minimum absolute atomic E-state index is 0.651. The molecule has 3 rings (SSSR count). The Morgan fingerprint density at radius 1 is 1.35 bits per heavy atom. The maximum atomic E-state index is 5.26. The van der Waals surface area contributed by atoms with E-state index in [1.807, 2.05) is 0 Å². The van der Waals surface area contributed by atoms with E-state index in [2.05, 4.69) is 29.3 Å². The highest BCUT2D eigenvalue weighted by Gasteiger charge is 2.24. The predicted octanol–water partition coefficient (Wildman–Crippen LogP) is 2.11. The van der Waals surface area contributed by atoms with Crippen molar-refractivity contribution in [1.82, 2.24) is 10.3 Å². The Kier molecular flexibility index (Phi) is 4.22. The molecule has 2 fully saturated rings. The maximum Gasteiger partial charge on any atom is 0.128 e. The van der Waals surface area contributed by atoms with Crippen LogP contribution in [0.3, 0.4) is 0 Å². The zero-order valence-electron chi connectivity index (χ0n) is 12.6. The van der Waals surface area contributed by atoms with Crippen LogP contribution in [0.15, 0.2) is 12.1 Å². The SMILES string of the molecule is COCC1CCN(c2ccc(CNC3CC3)c(C)n2)C1. The lowest BCUT2D eigenvalue weighted by molar-refractivity contribution is 0.161. The molecule has 1 saturated heterocycles. The lowest BCUT2D eigenvalue weighted by Crippen LogP contribution is -2.23. The van der Waals surface area contributed by atoms with E-state index in [9.17, 15) is 0 Å². The average molecular weight is 275 g/mol. The molecule has 1 N–H and O–H groups in total. The van der Waals surface area contributed by atoms with Gasteiger partial charge in [-0.1, -0.05) is 6.07 Å². The molecule has 4 heteroatoms. The molecule has 1 saturated carbocycles. The Morgan fingerprint density at radius 2 is 2.20 bits per heavy atom. The van der Waals surface area contributed by atoms with E-state index in [4.69, 9.17) is 9.72 Å². The van der Waals surface area contributed by atoms with E-state index >= 15 is 0 Å². The third-order valence-corrected chi connectivity index (χ3v) is 4.35. The average Bonchev–Trinajstić information content (AvgIpc) is 3.16. The Hall–Kier alpha value is -1.13. The van der Waals surface area contributed by atoms with Crippen LogP contribution in [0, 0.1) is 12.8 Å². The van der Waals surface area contributed by atoms with Gasteiger partial charge in [-0.25, -0.2) is 4.98 Å². The lowest BCUT2D eigenvalue weighted by Gasteiger charge is -2.19. The summed E-state index contributed by atoms with van der Waals surface area (Å²) in [7, 11) is 1.78. The maximum absolute atomic E-state index is 5.26. The summed E-state index contributed by atoms with van der Waals surface area (Å²) in [5, 5.41) is 3.56. The Morgan fingerprint density at radius 3 is 2.90 bits per heavy atom. The van der Waals surface area contributed by atoms with Crippen LogP contribution in [-0.4, -0.2) is 37.8 Å². The summed E-state index contributed by atoms with van der Waals surface area (Å²) in [5.41, 5.74) is 2.49. The molecular weight excluding hydrogens is 250 g/mol. The summed E-state index contributed by atoms with van der Waals surface area (Å²) in [6.45, 7) is 6.10. The number of hydrogen-bond acceptors (Lipinski definition) is 4. The second-order valence-corrected chi connectivity index (χ2v) is 6.13. The first kappa shape index (κ1) is 13.8. The summed E-state index contributed by atoms with van der Waals surface area (Å²) in [6.07, 6.45) is 3.87. The highest BCUT2D eigenvalue weighted by molar-refractivity contribution is 5.42. The fraction of sp³-hybridized carbons (Fsp3) is 0.688. The zero-order valence-corrected chi connectivity index (χ0v) is 12.6. The van der Waals surface area contributed by atoms with Crippen LogP contribution in [-0.2, 0) is 11.3 Å². The molecule has 1 aromatic heterocycles. The van der Waals surface area contributed by atoms with Gasteiger partial charge in [-0.15, -0.1) is 0 Å². The first-order valence-corrected chi connectivity index (χ1v) is 7.70. The molecule has 110 valence electrons. The van der Waals surface area contributed by atoms with Crippen LogP contribution in [0.25, 0.3) is 0 Å². The van der Waals surface area contributed by atoms with Gasteiger partial charge in [0.05, 0.1) is 6.61 Å². The summed E-state index contributed by atoms with van der Waals surface area (Å²) >= 11 is 0. The molecule has 1 atom stereocenters. The first-order chi connectivity index (χ1) is 9.76. The molecule has 1 aliphatic carbocycles. The van der Waals surface area contributed by atoms with E-state index in [1.54, 1.807) is 7.11 Å². The third kappa shape index (κ3) is 3.30. The lowest BCUT2D eigenvalue weighted by atomic mass is 10.1. The van der Waals surface area contributed by atoms with Crippen molar-refractivity contribution in [2.75, 3.05) is 31.7 Å². The highest BCUT2D eigenvalue weighted by Crippen LogP contribution is 2.24. The number of anilines is 1. The van der Waals surface area contributed by atoms with Gasteiger partial charge < -0.3 is 15.0 Å². The fourth-order valence-electron chi connectivity index (χ4n) is 2.89. The van der Waals surface area contributed by atoms with Crippen molar-refractivity contribution in [2.24, 2.45) is 5.92 Å². The molecule has 1 unspecified atom stereocenters. The zero-order chi connectivity index (χ0) is 13.9. The predicted molar refractivity (Wildman–Crippen MR) is 81.0 cm³/mol. The van der Waals surface area contributed by atoms with Crippen molar-refractivity contribution < 1.29 is 4.74 Å². The van der Waals surface area contributed by atoms with Gasteiger partial charge in [0, 0.05) is 44.4 Å². The van der Waals surface area contributed by atoms with Crippen molar-refractivity contribution in [3.8, 4) is 0 Å². The van der Waals surface area contributed by atoms with Gasteiger partial charge in [0.2, 0.25) is 0 Å². The minimum Gasteiger partial charge on any atom is -0.384 e. The Labute approximate surface area is 121 Å². The molecule has 20 heavy (non-hydrogen) atoms. The molecular formula is C16H25N3O. The number of rotatable bonds is 6. The van der Waals surface area contributed by atoms with Gasteiger partial charge in [0.1, 0.15) is 5.82 Å². The van der Waals surface area contributed by atoms with Gasteiger partial charge in [-0.3, -0.25) is 0 Å². The van der Waals surface area contributed by atoms with E-state index in [-0.39, 0.29) is 0 Å². The smallest absolute Gasteiger partial charge is 0.128 e. The fourth-order valence-corrected chi connectivity index (χ4v) is 2.89. The van der Waals surface area contributed by atoms with Crippen LogP contribution in [0.4, 0.5) is 5.82 Å². The first-order valence-electron chi connectivity index (χ1n) is 7.70. The summed E-state index contributed by atoms with van der Waals surface area (Å²) < 4.78 is 5.26. The molecule has 0 aromatic carbocycles. The standard InChI is InChI=1S/C16H25N3O/c1-12-14(9-17-15-4-5-15)3-6-16(18-12)19-8-7-13(10-19)11-20-2/h3,6,13,15,17H,4-5,7-11H2,1-2H3. The van der Waals surface area contributed by atoms with Crippen LogP contribution in [0.1, 0.15) is 30.5 Å². The number of ether oxygens (including phenoxy) is 1. The highest BCUT2D eigenvalue weighted by atomic mass is 16.5. The molecule has 2 aliphatic rings. The van der Waals surface area contributed by atoms with E-state index in [1.165, 1.54) is 24.8 Å². The molecule has 0 spiro atoms. The number of methoxy groups -OCH3 is 1. The summed E-state index contributed by atoms with van der Waals surface area (Å²) in [4.78, 5) is 7.18. The number of aromatic nitrogens is 1. The third-order valence-electron chi connectivity index (χ3n) is 4.35. The number of aryl methyl sites for hydroxylation is 1. The van der Waals surface area contributed by atoms with Crippen LogP contribution in [0.2, 0.25) is 0 Å². The largest absolute Gasteiger partial charge is 0.384 e. The molecule has 4 nitrogen and oxygen atoms in total. The van der Waals surface area contributed by atoms with Gasteiger partial charge in [0.15, 0.2) is 0 Å². The van der Waals surface area contributed by atoms with Crippen molar-refractivity contribution >= 4 is 5.82 Å². The van der Waals surface area contributed by atoms with Gasteiger partial charge in [-0.2, -0.15) is 0 Å². The van der Waals surface area contributed by atoms with Gasteiger partial charge in [-0.05, 0) is 37.8 Å². The van der Waals surface area contributed by atoms with Crippen molar-refractivity contribution in [3.05, 3.63) is 23.4 Å². The number of pyridine rings is 1. The molecule has 0 amide bonds. The van der Waals surface area contributed by atoms with Gasteiger partial charge in [0.25, 0.3) is 0 Å². The number of nitrogens with zero attached hydrogens (tertiary/aromatic N) is 2.